The molecule has 6 heteroatoms. The van der Waals surface area contributed by atoms with Gasteiger partial charge in [-0.15, -0.1) is 0 Å². The lowest BCUT2D eigenvalue weighted by atomic mass is 10.0. The van der Waals surface area contributed by atoms with Gasteiger partial charge in [-0.2, -0.15) is 4.98 Å². The van der Waals surface area contributed by atoms with Crippen LogP contribution in [0, 0.1) is 0 Å². The van der Waals surface area contributed by atoms with E-state index in [0.29, 0.717) is 30.0 Å². The maximum atomic E-state index is 4.58. The largest absolute Gasteiger partial charge is 0.351 e. The second-order valence-electron chi connectivity index (χ2n) is 6.83. The molecule has 0 bridgehead atoms. The first-order valence-electron chi connectivity index (χ1n) is 9.30. The molecule has 1 aliphatic carbocycles. The van der Waals surface area contributed by atoms with Crippen molar-refractivity contribution < 1.29 is 0 Å². The van der Waals surface area contributed by atoms with Crippen LogP contribution in [0.4, 0.5) is 11.9 Å². The predicted octanol–water partition coefficient (Wildman–Crippen LogP) is 2.95. The van der Waals surface area contributed by atoms with Crippen LogP contribution >= 0.6 is 0 Å². The zero-order chi connectivity index (χ0) is 15.9. The molecule has 2 unspecified atom stereocenters. The van der Waals surface area contributed by atoms with E-state index < -0.39 is 0 Å². The van der Waals surface area contributed by atoms with E-state index in [1.807, 2.05) is 0 Å². The lowest BCUT2D eigenvalue weighted by Crippen LogP contribution is -2.40. The molecule has 23 heavy (non-hydrogen) atoms. The van der Waals surface area contributed by atoms with E-state index in [9.17, 15) is 0 Å². The molecule has 1 aromatic rings. The topological polar surface area (TPSA) is 74.8 Å². The Hall–Kier alpha value is -1.43. The fraction of sp³-hybridized carbons (Fsp3) is 0.824. The van der Waals surface area contributed by atoms with Gasteiger partial charge in [0.1, 0.15) is 6.33 Å². The van der Waals surface area contributed by atoms with Gasteiger partial charge in [0, 0.05) is 18.1 Å². The normalized spacial score (nSPS) is 24.1. The molecule has 6 nitrogen and oxygen atoms in total. The third-order valence-electron chi connectivity index (χ3n) is 5.10. The Balaban J connectivity index is 1.59. The monoisotopic (exact) mass is 318 g/mol. The third kappa shape index (κ3) is 4.77. The lowest BCUT2D eigenvalue weighted by Gasteiger charge is -2.24. The summed E-state index contributed by atoms with van der Waals surface area (Å²) in [5.41, 5.74) is 0. The first kappa shape index (κ1) is 16.4. The molecule has 2 aliphatic rings. The van der Waals surface area contributed by atoms with Gasteiger partial charge in [-0.25, -0.2) is 9.97 Å². The predicted molar refractivity (Wildman–Crippen MR) is 93.7 cm³/mol. The number of hydrogen-bond acceptors (Lipinski definition) is 6. The molecule has 3 rings (SSSR count). The number of rotatable bonds is 6. The molecule has 2 fully saturated rings. The quantitative estimate of drug-likeness (QED) is 0.700. The van der Waals surface area contributed by atoms with Gasteiger partial charge in [0.15, 0.2) is 0 Å². The highest BCUT2D eigenvalue weighted by atomic mass is 15.2. The summed E-state index contributed by atoms with van der Waals surface area (Å²) in [4.78, 5) is 13.2. The van der Waals surface area contributed by atoms with Gasteiger partial charge in [0.2, 0.25) is 11.9 Å². The van der Waals surface area contributed by atoms with Gasteiger partial charge in [-0.3, -0.25) is 0 Å². The van der Waals surface area contributed by atoms with Crippen LogP contribution in [0.3, 0.4) is 0 Å². The maximum absolute atomic E-state index is 4.58. The Kier molecular flexibility index (Phi) is 6.02. The highest BCUT2D eigenvalue weighted by Gasteiger charge is 2.23. The molecule has 3 N–H and O–H groups in total. The van der Waals surface area contributed by atoms with Crippen LogP contribution in [-0.4, -0.2) is 39.6 Å². The Morgan fingerprint density at radius 2 is 1.87 bits per heavy atom. The molecule has 2 heterocycles. The highest BCUT2D eigenvalue weighted by molar-refractivity contribution is 5.34. The molecule has 128 valence electrons. The van der Waals surface area contributed by atoms with Crippen LogP contribution < -0.4 is 16.0 Å². The summed E-state index contributed by atoms with van der Waals surface area (Å²) in [6, 6.07) is 1.41. The van der Waals surface area contributed by atoms with Crippen LogP contribution in [0.5, 0.6) is 0 Å². The molecule has 1 aliphatic heterocycles. The van der Waals surface area contributed by atoms with Crippen LogP contribution in [0.2, 0.25) is 0 Å². The summed E-state index contributed by atoms with van der Waals surface area (Å²) in [5.74, 6) is 1.40. The Morgan fingerprint density at radius 3 is 2.57 bits per heavy atom. The Morgan fingerprint density at radius 1 is 1.09 bits per heavy atom. The summed E-state index contributed by atoms with van der Waals surface area (Å²) < 4.78 is 0. The molecule has 1 saturated heterocycles. The second kappa shape index (κ2) is 8.43. The summed E-state index contributed by atoms with van der Waals surface area (Å²) in [6.07, 6.45) is 12.9. The first-order valence-corrected chi connectivity index (χ1v) is 9.30. The van der Waals surface area contributed by atoms with Crippen LogP contribution in [0.25, 0.3) is 0 Å². The van der Waals surface area contributed by atoms with Gasteiger partial charge < -0.3 is 16.0 Å². The molecular weight excluding hydrogens is 288 g/mol. The Labute approximate surface area is 139 Å². The summed E-state index contributed by atoms with van der Waals surface area (Å²) in [7, 11) is 0. The van der Waals surface area contributed by atoms with E-state index in [2.05, 4.69) is 37.8 Å². The van der Waals surface area contributed by atoms with Crippen molar-refractivity contribution in [2.45, 2.75) is 82.8 Å². The van der Waals surface area contributed by atoms with Crippen molar-refractivity contribution in [2.24, 2.45) is 0 Å². The van der Waals surface area contributed by atoms with E-state index in [4.69, 9.17) is 0 Å². The molecular formula is C17H30N6. The van der Waals surface area contributed by atoms with Crippen LogP contribution in [-0.2, 0) is 0 Å². The smallest absolute Gasteiger partial charge is 0.227 e. The van der Waals surface area contributed by atoms with Crippen molar-refractivity contribution in [1.29, 1.82) is 0 Å². The molecule has 2 atom stereocenters. The summed E-state index contributed by atoms with van der Waals surface area (Å²) >= 11 is 0. The first-order chi connectivity index (χ1) is 11.3. The van der Waals surface area contributed by atoms with Gasteiger partial charge in [-0.1, -0.05) is 32.6 Å². The van der Waals surface area contributed by atoms with Crippen molar-refractivity contribution in [1.82, 2.24) is 20.3 Å². The highest BCUT2D eigenvalue weighted by Crippen LogP contribution is 2.20. The minimum Gasteiger partial charge on any atom is -0.351 e. The molecule has 0 spiro atoms. The van der Waals surface area contributed by atoms with E-state index in [-0.39, 0.29) is 0 Å². The lowest BCUT2D eigenvalue weighted by molar-refractivity contribution is 0.496. The molecule has 0 aromatic carbocycles. The van der Waals surface area contributed by atoms with Gasteiger partial charge in [0.05, 0.1) is 0 Å². The van der Waals surface area contributed by atoms with E-state index >= 15 is 0 Å². The van der Waals surface area contributed by atoms with E-state index in [1.54, 1.807) is 6.33 Å². The summed E-state index contributed by atoms with van der Waals surface area (Å²) in [6.45, 7) is 3.33. The number of nitrogens with zero attached hydrogens (tertiary/aromatic N) is 3. The fourth-order valence-corrected chi connectivity index (χ4v) is 3.75. The second-order valence-corrected chi connectivity index (χ2v) is 6.83. The van der Waals surface area contributed by atoms with Gasteiger partial charge >= 0.3 is 0 Å². The number of nitrogens with one attached hydrogen (secondary N) is 3. The Bertz CT molecular complexity index is 466. The van der Waals surface area contributed by atoms with Crippen molar-refractivity contribution in [2.75, 3.05) is 17.2 Å². The number of aromatic nitrogens is 3. The standard InChI is InChI=1S/C17H30N6/c1-2-14(15-10-7-11-18-15)22-17-20-12-19-16(23-17)21-13-8-5-3-4-6-9-13/h12-15,18H,2-11H2,1H3,(H2,19,20,21,22,23). The van der Waals surface area contributed by atoms with Crippen molar-refractivity contribution in [3.05, 3.63) is 6.33 Å². The number of anilines is 2. The van der Waals surface area contributed by atoms with Crippen LogP contribution in [0.1, 0.15) is 64.7 Å². The average molecular weight is 318 g/mol. The fourth-order valence-electron chi connectivity index (χ4n) is 3.75. The van der Waals surface area contributed by atoms with Gasteiger partial charge in [0.25, 0.3) is 0 Å². The minimum atomic E-state index is 0.380. The third-order valence-corrected chi connectivity index (χ3v) is 5.10. The van der Waals surface area contributed by atoms with Crippen molar-refractivity contribution >= 4 is 11.9 Å². The van der Waals surface area contributed by atoms with E-state index in [1.165, 1.54) is 51.4 Å². The molecule has 1 saturated carbocycles. The summed E-state index contributed by atoms with van der Waals surface area (Å²) in [5, 5.41) is 10.6. The van der Waals surface area contributed by atoms with Crippen molar-refractivity contribution in [3.8, 4) is 0 Å². The van der Waals surface area contributed by atoms with Crippen LogP contribution in [0.15, 0.2) is 6.33 Å². The van der Waals surface area contributed by atoms with Crippen molar-refractivity contribution in [3.63, 3.8) is 0 Å². The van der Waals surface area contributed by atoms with Gasteiger partial charge in [-0.05, 0) is 38.6 Å². The average Bonchev–Trinajstić information content (AvgIpc) is 2.98. The maximum Gasteiger partial charge on any atom is 0.227 e. The SMILES string of the molecule is CCC(Nc1ncnc(NC2CCCCCC2)n1)C1CCCN1. The zero-order valence-corrected chi connectivity index (χ0v) is 14.2. The molecule has 0 radical (unpaired) electrons. The molecule has 1 aromatic heterocycles. The zero-order valence-electron chi connectivity index (χ0n) is 14.2. The van der Waals surface area contributed by atoms with E-state index in [0.717, 1.165) is 13.0 Å². The number of hydrogen-bond donors (Lipinski definition) is 3. The molecule has 0 amide bonds. The minimum absolute atomic E-state index is 0.380.